The Morgan fingerprint density at radius 2 is 2.15 bits per heavy atom. The van der Waals surface area contributed by atoms with Crippen LogP contribution in [0.25, 0.3) is 0 Å². The van der Waals surface area contributed by atoms with E-state index in [1.807, 2.05) is 0 Å². The van der Waals surface area contributed by atoms with E-state index in [2.05, 4.69) is 17.1 Å². The van der Waals surface area contributed by atoms with Gasteiger partial charge in [-0.2, -0.15) is 0 Å². The lowest BCUT2D eigenvalue weighted by Gasteiger charge is -2.36. The van der Waals surface area contributed by atoms with Gasteiger partial charge in [-0.1, -0.05) is 5.16 Å². The first-order valence-electron chi connectivity index (χ1n) is 4.76. The van der Waals surface area contributed by atoms with Gasteiger partial charge in [0.05, 0.1) is 17.9 Å². The average Bonchev–Trinajstić information content (AvgIpc) is 2.55. The fraction of sp³-hybridized carbons (Fsp3) is 0.889. The average molecular weight is 184 g/mol. The molecular weight excluding hydrogens is 168 g/mol. The van der Waals surface area contributed by atoms with Crippen LogP contribution in [-0.2, 0) is 4.74 Å². The molecule has 13 heavy (non-hydrogen) atoms. The highest BCUT2D eigenvalue weighted by atomic mass is 16.5. The number of likely N-dealkylation sites (tertiary alicyclic amines) is 1. The van der Waals surface area contributed by atoms with Crippen LogP contribution >= 0.6 is 0 Å². The van der Waals surface area contributed by atoms with E-state index in [9.17, 15) is 0 Å². The molecule has 2 heterocycles. The lowest BCUT2D eigenvalue weighted by molar-refractivity contribution is -0.0386. The third kappa shape index (κ3) is 1.69. The van der Waals surface area contributed by atoms with E-state index >= 15 is 0 Å². The van der Waals surface area contributed by atoms with Crippen LogP contribution in [0.4, 0.5) is 0 Å². The van der Waals surface area contributed by atoms with Gasteiger partial charge in [-0.15, -0.1) is 0 Å². The Kier molecular flexibility index (Phi) is 2.26. The van der Waals surface area contributed by atoms with Crippen molar-refractivity contribution in [2.45, 2.75) is 24.9 Å². The number of oxime groups is 1. The zero-order chi connectivity index (χ0) is 9.31. The van der Waals surface area contributed by atoms with E-state index in [4.69, 9.17) is 9.94 Å². The van der Waals surface area contributed by atoms with Crippen LogP contribution in [0.15, 0.2) is 5.16 Å². The zero-order valence-corrected chi connectivity index (χ0v) is 7.99. The number of hydrogen-bond acceptors (Lipinski definition) is 4. The van der Waals surface area contributed by atoms with Crippen molar-refractivity contribution in [2.24, 2.45) is 5.16 Å². The highest BCUT2D eigenvalue weighted by molar-refractivity contribution is 5.87. The van der Waals surface area contributed by atoms with Crippen LogP contribution in [0.1, 0.15) is 19.3 Å². The molecule has 0 aromatic rings. The second-order valence-electron chi connectivity index (χ2n) is 4.12. The summed E-state index contributed by atoms with van der Waals surface area (Å²) in [6.45, 7) is 2.68. The number of piperidine rings is 1. The van der Waals surface area contributed by atoms with Gasteiger partial charge in [0.15, 0.2) is 0 Å². The molecule has 0 unspecified atom stereocenters. The fourth-order valence-electron chi connectivity index (χ4n) is 2.12. The first kappa shape index (κ1) is 8.97. The van der Waals surface area contributed by atoms with Crippen molar-refractivity contribution in [3.8, 4) is 0 Å². The minimum Gasteiger partial charge on any atom is -0.411 e. The largest absolute Gasteiger partial charge is 0.411 e. The van der Waals surface area contributed by atoms with E-state index in [1.54, 1.807) is 0 Å². The summed E-state index contributed by atoms with van der Waals surface area (Å²) < 4.78 is 5.72. The molecule has 2 fully saturated rings. The van der Waals surface area contributed by atoms with Crippen LogP contribution in [0.3, 0.4) is 0 Å². The maximum atomic E-state index is 8.63. The van der Waals surface area contributed by atoms with Gasteiger partial charge in [-0.05, 0) is 19.9 Å². The molecule has 4 heteroatoms. The summed E-state index contributed by atoms with van der Waals surface area (Å²) in [4.78, 5) is 2.31. The normalized spacial score (nSPS) is 31.6. The number of hydrogen-bond donors (Lipinski definition) is 1. The first-order valence-corrected chi connectivity index (χ1v) is 4.76. The molecule has 2 aliphatic heterocycles. The van der Waals surface area contributed by atoms with Gasteiger partial charge in [0, 0.05) is 19.5 Å². The third-order valence-electron chi connectivity index (χ3n) is 3.11. The van der Waals surface area contributed by atoms with Gasteiger partial charge in [0.25, 0.3) is 0 Å². The smallest absolute Gasteiger partial charge is 0.0890 e. The molecule has 0 aliphatic carbocycles. The van der Waals surface area contributed by atoms with Gasteiger partial charge >= 0.3 is 0 Å². The second-order valence-corrected chi connectivity index (χ2v) is 4.12. The molecule has 0 atom stereocenters. The Bertz CT molecular complexity index is 220. The van der Waals surface area contributed by atoms with Crippen molar-refractivity contribution in [3.05, 3.63) is 0 Å². The molecule has 74 valence electrons. The fourth-order valence-corrected chi connectivity index (χ4v) is 2.12. The van der Waals surface area contributed by atoms with Crippen molar-refractivity contribution < 1.29 is 9.94 Å². The third-order valence-corrected chi connectivity index (χ3v) is 3.11. The van der Waals surface area contributed by atoms with Crippen LogP contribution in [0, 0.1) is 0 Å². The Hall–Kier alpha value is -0.610. The van der Waals surface area contributed by atoms with Gasteiger partial charge < -0.3 is 14.8 Å². The van der Waals surface area contributed by atoms with Gasteiger partial charge in [0.2, 0.25) is 0 Å². The van der Waals surface area contributed by atoms with Gasteiger partial charge in [-0.25, -0.2) is 0 Å². The maximum Gasteiger partial charge on any atom is 0.0890 e. The summed E-state index contributed by atoms with van der Waals surface area (Å²) in [7, 11) is 2.13. The van der Waals surface area contributed by atoms with Crippen molar-refractivity contribution in [2.75, 3.05) is 26.7 Å². The molecule has 0 amide bonds. The lowest BCUT2D eigenvalue weighted by atomic mass is 9.88. The highest BCUT2D eigenvalue weighted by Gasteiger charge is 2.40. The topological polar surface area (TPSA) is 45.1 Å². The Morgan fingerprint density at radius 3 is 2.69 bits per heavy atom. The minimum absolute atomic E-state index is 0.00588. The first-order chi connectivity index (χ1) is 6.24. The molecule has 2 saturated heterocycles. The minimum atomic E-state index is -0.00588. The molecule has 4 nitrogen and oxygen atoms in total. The van der Waals surface area contributed by atoms with Crippen LogP contribution in [-0.4, -0.2) is 48.2 Å². The summed E-state index contributed by atoms with van der Waals surface area (Å²) in [5.41, 5.74) is 0.790. The van der Waals surface area contributed by atoms with Crippen molar-refractivity contribution in [1.29, 1.82) is 0 Å². The molecule has 0 bridgehead atoms. The monoisotopic (exact) mass is 184 g/mol. The number of nitrogens with zero attached hydrogens (tertiary/aromatic N) is 2. The van der Waals surface area contributed by atoms with Gasteiger partial charge in [-0.3, -0.25) is 0 Å². The summed E-state index contributed by atoms with van der Waals surface area (Å²) in [6.07, 6.45) is 2.93. The van der Waals surface area contributed by atoms with Gasteiger partial charge in [0.1, 0.15) is 0 Å². The summed E-state index contributed by atoms with van der Waals surface area (Å²) >= 11 is 0. The Balaban J connectivity index is 1.99. The van der Waals surface area contributed by atoms with E-state index < -0.39 is 0 Å². The SMILES string of the molecule is CN1CCC2(CC1)CC(=NO)CO2. The maximum absolute atomic E-state index is 8.63. The van der Waals surface area contributed by atoms with E-state index in [-0.39, 0.29) is 5.60 Å². The standard InChI is InChI=1S/C9H16N2O2/c1-11-4-2-9(3-5-11)6-8(10-12)7-13-9/h12H,2-7H2,1H3. The van der Waals surface area contributed by atoms with Crippen molar-refractivity contribution in [3.63, 3.8) is 0 Å². The zero-order valence-electron chi connectivity index (χ0n) is 7.99. The van der Waals surface area contributed by atoms with Crippen LogP contribution < -0.4 is 0 Å². The number of rotatable bonds is 0. The Morgan fingerprint density at radius 1 is 1.46 bits per heavy atom. The van der Waals surface area contributed by atoms with Crippen LogP contribution in [0.5, 0.6) is 0 Å². The van der Waals surface area contributed by atoms with E-state index in [0.29, 0.717) is 6.61 Å². The molecule has 0 radical (unpaired) electrons. The summed E-state index contributed by atoms with van der Waals surface area (Å²) in [6, 6.07) is 0. The predicted octanol–water partition coefficient (Wildman–Crippen LogP) is 0.701. The predicted molar refractivity (Wildman–Crippen MR) is 49.3 cm³/mol. The summed E-state index contributed by atoms with van der Waals surface area (Å²) in [5.74, 6) is 0. The lowest BCUT2D eigenvalue weighted by Crippen LogP contribution is -2.42. The molecule has 0 aromatic carbocycles. The van der Waals surface area contributed by atoms with E-state index in [0.717, 1.165) is 38.1 Å². The molecule has 0 saturated carbocycles. The second kappa shape index (κ2) is 3.27. The highest BCUT2D eigenvalue weighted by Crippen LogP contribution is 2.34. The summed E-state index contributed by atoms with van der Waals surface area (Å²) in [5, 5.41) is 11.9. The molecule has 2 rings (SSSR count). The van der Waals surface area contributed by atoms with Crippen LogP contribution in [0.2, 0.25) is 0 Å². The molecular formula is C9H16N2O2. The van der Waals surface area contributed by atoms with Crippen molar-refractivity contribution in [1.82, 2.24) is 4.90 Å². The van der Waals surface area contributed by atoms with E-state index in [1.165, 1.54) is 0 Å². The molecule has 0 aromatic heterocycles. The molecule has 2 aliphatic rings. The molecule has 1 spiro atoms. The quantitative estimate of drug-likeness (QED) is 0.445. The molecule has 1 N–H and O–H groups in total. The Labute approximate surface area is 78.2 Å². The number of ether oxygens (including phenoxy) is 1. The van der Waals surface area contributed by atoms with Crippen molar-refractivity contribution >= 4 is 5.71 Å².